The summed E-state index contributed by atoms with van der Waals surface area (Å²) in [6.07, 6.45) is 2.28. The Balaban J connectivity index is 2.28. The minimum atomic E-state index is -0.246. The maximum absolute atomic E-state index is 13.1. The molecule has 1 fully saturated rings. The quantitative estimate of drug-likeness (QED) is 0.827. The van der Waals surface area contributed by atoms with Gasteiger partial charge in [-0.05, 0) is 43.9 Å². The monoisotopic (exact) mass is 209 g/mol. The van der Waals surface area contributed by atoms with Crippen LogP contribution in [0, 0.1) is 11.7 Å². The van der Waals surface area contributed by atoms with Crippen molar-refractivity contribution in [2.75, 3.05) is 6.61 Å². The van der Waals surface area contributed by atoms with E-state index in [2.05, 4.69) is 0 Å². The van der Waals surface area contributed by atoms with Gasteiger partial charge in [-0.3, -0.25) is 0 Å². The number of benzene rings is 1. The molecule has 0 aliphatic heterocycles. The molecule has 15 heavy (non-hydrogen) atoms. The Kier molecular flexibility index (Phi) is 2.91. The van der Waals surface area contributed by atoms with Gasteiger partial charge in [-0.2, -0.15) is 0 Å². The number of nitrogens with two attached hydrogens (primary N) is 1. The Morgan fingerprint density at radius 3 is 2.87 bits per heavy atom. The zero-order chi connectivity index (χ0) is 10.8. The van der Waals surface area contributed by atoms with Gasteiger partial charge in [0.1, 0.15) is 11.6 Å². The number of ether oxygens (including phenoxy) is 1. The lowest BCUT2D eigenvalue weighted by molar-refractivity contribution is 0.332. The van der Waals surface area contributed by atoms with E-state index in [0.717, 1.165) is 24.2 Å². The second-order valence-electron chi connectivity index (χ2n) is 3.98. The van der Waals surface area contributed by atoms with Crippen molar-refractivity contribution in [1.29, 1.82) is 0 Å². The van der Waals surface area contributed by atoms with Crippen molar-refractivity contribution in [3.8, 4) is 5.75 Å². The first kappa shape index (κ1) is 10.4. The molecule has 3 heteroatoms. The summed E-state index contributed by atoms with van der Waals surface area (Å²) >= 11 is 0. The van der Waals surface area contributed by atoms with Gasteiger partial charge in [0.25, 0.3) is 0 Å². The molecule has 2 rings (SSSR count). The first-order chi connectivity index (χ1) is 7.22. The number of hydrogen-bond donors (Lipinski definition) is 1. The van der Waals surface area contributed by atoms with Gasteiger partial charge in [-0.25, -0.2) is 4.39 Å². The van der Waals surface area contributed by atoms with E-state index in [0.29, 0.717) is 12.5 Å². The first-order valence-electron chi connectivity index (χ1n) is 5.40. The van der Waals surface area contributed by atoms with Crippen molar-refractivity contribution in [2.45, 2.75) is 25.8 Å². The second-order valence-corrected chi connectivity index (χ2v) is 3.98. The lowest BCUT2D eigenvalue weighted by Gasteiger charge is -2.15. The molecule has 1 saturated carbocycles. The third-order valence-electron chi connectivity index (χ3n) is 2.76. The van der Waals surface area contributed by atoms with Crippen molar-refractivity contribution < 1.29 is 9.13 Å². The number of halogens is 1. The molecule has 0 saturated heterocycles. The summed E-state index contributed by atoms with van der Waals surface area (Å²) in [5.74, 6) is 0.980. The fraction of sp³-hybridized carbons (Fsp3) is 0.500. The molecule has 0 radical (unpaired) electrons. The fourth-order valence-electron chi connectivity index (χ4n) is 1.78. The maximum Gasteiger partial charge on any atom is 0.124 e. The average Bonchev–Trinajstić information content (AvgIpc) is 3.03. The summed E-state index contributed by atoms with van der Waals surface area (Å²) in [6, 6.07) is 4.49. The summed E-state index contributed by atoms with van der Waals surface area (Å²) in [5, 5.41) is 0. The van der Waals surface area contributed by atoms with Crippen LogP contribution in [0.15, 0.2) is 18.2 Å². The second kappa shape index (κ2) is 4.19. The van der Waals surface area contributed by atoms with E-state index < -0.39 is 0 Å². The van der Waals surface area contributed by atoms with Crippen molar-refractivity contribution in [3.05, 3.63) is 29.6 Å². The van der Waals surface area contributed by atoms with E-state index in [1.54, 1.807) is 6.07 Å². The molecular formula is C12H16FNO. The Bertz CT molecular complexity index is 349. The zero-order valence-electron chi connectivity index (χ0n) is 8.87. The standard InChI is InChI=1S/C12H16FNO/c1-2-15-11-6-5-9(13)7-10(11)12(14)8-3-4-8/h5-8,12H,2-4,14H2,1H3. The molecule has 0 amide bonds. The average molecular weight is 209 g/mol. The molecule has 2 N–H and O–H groups in total. The molecule has 2 nitrogen and oxygen atoms in total. The third kappa shape index (κ3) is 2.29. The fourth-order valence-corrected chi connectivity index (χ4v) is 1.78. The van der Waals surface area contributed by atoms with Crippen LogP contribution in [0.1, 0.15) is 31.4 Å². The van der Waals surface area contributed by atoms with Crippen LogP contribution in [0.2, 0.25) is 0 Å². The van der Waals surface area contributed by atoms with E-state index >= 15 is 0 Å². The number of hydrogen-bond acceptors (Lipinski definition) is 2. The van der Waals surface area contributed by atoms with Gasteiger partial charge < -0.3 is 10.5 Å². The molecule has 1 aromatic rings. The van der Waals surface area contributed by atoms with Gasteiger partial charge >= 0.3 is 0 Å². The van der Waals surface area contributed by atoms with Crippen molar-refractivity contribution in [3.63, 3.8) is 0 Å². The van der Waals surface area contributed by atoms with Crippen LogP contribution in [-0.4, -0.2) is 6.61 Å². The zero-order valence-corrected chi connectivity index (χ0v) is 8.87. The summed E-state index contributed by atoms with van der Waals surface area (Å²) in [4.78, 5) is 0. The molecule has 0 heterocycles. The van der Waals surface area contributed by atoms with Crippen LogP contribution in [-0.2, 0) is 0 Å². The number of rotatable bonds is 4. The summed E-state index contributed by atoms with van der Waals surface area (Å²) < 4.78 is 18.6. The van der Waals surface area contributed by atoms with Gasteiger partial charge in [0.05, 0.1) is 6.61 Å². The topological polar surface area (TPSA) is 35.2 Å². The predicted octanol–water partition coefficient (Wildman–Crippen LogP) is 2.63. The summed E-state index contributed by atoms with van der Waals surface area (Å²) in [6.45, 7) is 2.49. The SMILES string of the molecule is CCOc1ccc(F)cc1C(N)C1CC1. The Morgan fingerprint density at radius 1 is 1.53 bits per heavy atom. The minimum Gasteiger partial charge on any atom is -0.494 e. The van der Waals surface area contributed by atoms with E-state index in [1.807, 2.05) is 6.92 Å². The molecule has 0 spiro atoms. The molecule has 0 bridgehead atoms. The minimum absolute atomic E-state index is 0.0813. The third-order valence-corrected chi connectivity index (χ3v) is 2.76. The van der Waals surface area contributed by atoms with Crippen LogP contribution < -0.4 is 10.5 Å². The van der Waals surface area contributed by atoms with E-state index in [9.17, 15) is 4.39 Å². The van der Waals surface area contributed by atoms with Gasteiger partial charge in [-0.15, -0.1) is 0 Å². The first-order valence-corrected chi connectivity index (χ1v) is 5.40. The van der Waals surface area contributed by atoms with Crippen molar-refractivity contribution >= 4 is 0 Å². The molecule has 1 aromatic carbocycles. The molecule has 1 aliphatic rings. The highest BCUT2D eigenvalue weighted by Gasteiger charge is 2.31. The highest BCUT2D eigenvalue weighted by atomic mass is 19.1. The molecule has 82 valence electrons. The van der Waals surface area contributed by atoms with Gasteiger partial charge in [-0.1, -0.05) is 0 Å². The molecule has 1 unspecified atom stereocenters. The van der Waals surface area contributed by atoms with Crippen molar-refractivity contribution in [2.24, 2.45) is 11.7 Å². The van der Waals surface area contributed by atoms with E-state index in [4.69, 9.17) is 10.5 Å². The lowest BCUT2D eigenvalue weighted by Crippen LogP contribution is -2.14. The van der Waals surface area contributed by atoms with Crippen LogP contribution >= 0.6 is 0 Å². The van der Waals surface area contributed by atoms with Crippen molar-refractivity contribution in [1.82, 2.24) is 0 Å². The highest BCUT2D eigenvalue weighted by Crippen LogP contribution is 2.42. The van der Waals surface area contributed by atoms with E-state index in [1.165, 1.54) is 12.1 Å². The van der Waals surface area contributed by atoms with Crippen LogP contribution in [0.5, 0.6) is 5.75 Å². The van der Waals surface area contributed by atoms with Crippen LogP contribution in [0.4, 0.5) is 4.39 Å². The van der Waals surface area contributed by atoms with Gasteiger partial charge in [0.2, 0.25) is 0 Å². The van der Waals surface area contributed by atoms with Crippen LogP contribution in [0.25, 0.3) is 0 Å². The highest BCUT2D eigenvalue weighted by molar-refractivity contribution is 5.37. The van der Waals surface area contributed by atoms with E-state index in [-0.39, 0.29) is 11.9 Å². The molecular weight excluding hydrogens is 193 g/mol. The summed E-state index contributed by atoms with van der Waals surface area (Å²) in [5.41, 5.74) is 6.86. The van der Waals surface area contributed by atoms with Gasteiger partial charge in [0, 0.05) is 11.6 Å². The molecule has 1 atom stereocenters. The molecule has 0 aromatic heterocycles. The normalized spacial score (nSPS) is 17.5. The Labute approximate surface area is 89.2 Å². The maximum atomic E-state index is 13.1. The predicted molar refractivity (Wildman–Crippen MR) is 57.2 cm³/mol. The van der Waals surface area contributed by atoms with Gasteiger partial charge in [0.15, 0.2) is 0 Å². The molecule has 1 aliphatic carbocycles. The Morgan fingerprint density at radius 2 is 2.27 bits per heavy atom. The largest absolute Gasteiger partial charge is 0.494 e. The van der Waals surface area contributed by atoms with Crippen LogP contribution in [0.3, 0.4) is 0 Å². The Hall–Kier alpha value is -1.09. The lowest BCUT2D eigenvalue weighted by atomic mass is 10.0. The smallest absolute Gasteiger partial charge is 0.124 e. The summed E-state index contributed by atoms with van der Waals surface area (Å²) in [7, 11) is 0.